The molecule has 0 bridgehead atoms. The number of para-hydroxylation sites is 1. The molecule has 1 N–H and O–H groups in total. The lowest BCUT2D eigenvalue weighted by molar-refractivity contribution is 0.568. The van der Waals surface area contributed by atoms with Gasteiger partial charge in [-0.15, -0.1) is 0 Å². The van der Waals surface area contributed by atoms with Crippen LogP contribution in [0.25, 0.3) is 0 Å². The Balaban J connectivity index is 2.31. The summed E-state index contributed by atoms with van der Waals surface area (Å²) >= 11 is 0. The van der Waals surface area contributed by atoms with E-state index in [1.807, 2.05) is 24.8 Å². The van der Waals surface area contributed by atoms with Gasteiger partial charge in [-0.05, 0) is 25.1 Å². The predicted molar refractivity (Wildman–Crippen MR) is 79.4 cm³/mol. The van der Waals surface area contributed by atoms with Crippen molar-refractivity contribution in [2.45, 2.75) is 19.9 Å². The second kappa shape index (κ2) is 6.10. The van der Waals surface area contributed by atoms with Gasteiger partial charge in [0.25, 0.3) is 0 Å². The van der Waals surface area contributed by atoms with E-state index in [-0.39, 0.29) is 23.4 Å². The summed E-state index contributed by atoms with van der Waals surface area (Å²) in [6.07, 6.45) is 0. The van der Waals surface area contributed by atoms with Crippen LogP contribution in [0, 0.1) is 5.82 Å². The van der Waals surface area contributed by atoms with Gasteiger partial charge in [0.05, 0.1) is 17.2 Å². The zero-order valence-corrected chi connectivity index (χ0v) is 12.7. The van der Waals surface area contributed by atoms with E-state index < -0.39 is 9.84 Å². The highest BCUT2D eigenvalue weighted by molar-refractivity contribution is 7.91. The summed E-state index contributed by atoms with van der Waals surface area (Å²) in [5.41, 5.74) is 1.42. The highest BCUT2D eigenvalue weighted by atomic mass is 32.2. The molecule has 2 rings (SSSR count). The third kappa shape index (κ3) is 3.30. The van der Waals surface area contributed by atoms with Crippen LogP contribution in [0.4, 0.5) is 10.1 Å². The minimum absolute atomic E-state index is 0.0317. The Bertz CT molecular complexity index is 561. The van der Waals surface area contributed by atoms with E-state index in [0.29, 0.717) is 18.8 Å². The first-order valence-corrected chi connectivity index (χ1v) is 8.74. The van der Waals surface area contributed by atoms with Gasteiger partial charge in [-0.25, -0.2) is 12.8 Å². The SMILES string of the molecule is CCNC(C)c1cccc(F)c1N1CCS(=O)(=O)CC1. The number of sulfone groups is 1. The van der Waals surface area contributed by atoms with Gasteiger partial charge in [0.1, 0.15) is 5.82 Å². The number of halogens is 1. The van der Waals surface area contributed by atoms with Crippen LogP contribution in [0.2, 0.25) is 0 Å². The average molecular weight is 300 g/mol. The quantitative estimate of drug-likeness (QED) is 0.920. The van der Waals surface area contributed by atoms with Crippen molar-refractivity contribution < 1.29 is 12.8 Å². The summed E-state index contributed by atoms with van der Waals surface area (Å²) in [7, 11) is -2.96. The average Bonchev–Trinajstić information content (AvgIpc) is 2.39. The first-order chi connectivity index (χ1) is 9.44. The molecule has 1 fully saturated rings. The van der Waals surface area contributed by atoms with Crippen LogP contribution in [0.1, 0.15) is 25.5 Å². The van der Waals surface area contributed by atoms with Crippen LogP contribution in [-0.2, 0) is 9.84 Å². The van der Waals surface area contributed by atoms with Gasteiger partial charge in [0, 0.05) is 19.1 Å². The second-order valence-electron chi connectivity index (χ2n) is 5.10. The summed E-state index contributed by atoms with van der Waals surface area (Å²) in [6, 6.07) is 5.06. The summed E-state index contributed by atoms with van der Waals surface area (Å²) in [6.45, 7) is 5.50. The van der Waals surface area contributed by atoms with E-state index in [1.165, 1.54) is 6.07 Å². The molecule has 4 nitrogen and oxygen atoms in total. The van der Waals surface area contributed by atoms with Gasteiger partial charge in [-0.2, -0.15) is 0 Å². The van der Waals surface area contributed by atoms with E-state index in [4.69, 9.17) is 0 Å². The van der Waals surface area contributed by atoms with Crippen molar-refractivity contribution in [3.05, 3.63) is 29.6 Å². The highest BCUT2D eigenvalue weighted by Crippen LogP contribution is 2.30. The second-order valence-corrected chi connectivity index (χ2v) is 7.40. The lowest BCUT2D eigenvalue weighted by Crippen LogP contribution is -2.41. The first kappa shape index (κ1) is 15.3. The maximum atomic E-state index is 14.2. The first-order valence-electron chi connectivity index (χ1n) is 6.92. The van der Waals surface area contributed by atoms with E-state index in [0.717, 1.165) is 12.1 Å². The Hall–Kier alpha value is -1.14. The molecule has 6 heteroatoms. The molecule has 0 spiro atoms. The molecule has 20 heavy (non-hydrogen) atoms. The molecule has 1 aliphatic heterocycles. The molecule has 0 aromatic heterocycles. The number of benzene rings is 1. The number of hydrogen-bond donors (Lipinski definition) is 1. The van der Waals surface area contributed by atoms with Crippen LogP contribution < -0.4 is 10.2 Å². The smallest absolute Gasteiger partial charge is 0.153 e. The fourth-order valence-electron chi connectivity index (χ4n) is 2.57. The molecule has 1 aromatic rings. The summed E-state index contributed by atoms with van der Waals surface area (Å²) < 4.78 is 37.2. The summed E-state index contributed by atoms with van der Waals surface area (Å²) in [4.78, 5) is 1.85. The van der Waals surface area contributed by atoms with Crippen molar-refractivity contribution in [1.82, 2.24) is 5.32 Å². The Kier molecular flexibility index (Phi) is 4.65. The number of nitrogens with zero attached hydrogens (tertiary/aromatic N) is 1. The molecule has 0 radical (unpaired) electrons. The minimum Gasteiger partial charge on any atom is -0.367 e. The van der Waals surface area contributed by atoms with E-state index in [9.17, 15) is 12.8 Å². The minimum atomic E-state index is -2.96. The van der Waals surface area contributed by atoms with Crippen LogP contribution in [0.15, 0.2) is 18.2 Å². The predicted octanol–water partition coefficient (Wildman–Crippen LogP) is 1.73. The molecule has 0 amide bonds. The standard InChI is InChI=1S/C14H21FN2O2S/c1-3-16-11(2)12-5-4-6-13(15)14(12)17-7-9-20(18,19)10-8-17/h4-6,11,16H,3,7-10H2,1-2H3. The zero-order valence-electron chi connectivity index (χ0n) is 11.9. The van der Waals surface area contributed by atoms with Crippen molar-refractivity contribution >= 4 is 15.5 Å². The molecule has 112 valence electrons. The van der Waals surface area contributed by atoms with E-state index in [2.05, 4.69) is 5.32 Å². The molecule has 1 aromatic carbocycles. The molecule has 1 unspecified atom stereocenters. The lowest BCUT2D eigenvalue weighted by atomic mass is 10.0. The fourth-order valence-corrected chi connectivity index (χ4v) is 3.77. The molecular formula is C14H21FN2O2S. The zero-order chi connectivity index (χ0) is 14.8. The van der Waals surface area contributed by atoms with Crippen molar-refractivity contribution in [2.24, 2.45) is 0 Å². The molecule has 1 saturated heterocycles. The van der Waals surface area contributed by atoms with Crippen molar-refractivity contribution in [3.63, 3.8) is 0 Å². The normalized spacial score (nSPS) is 19.9. The van der Waals surface area contributed by atoms with Crippen LogP contribution >= 0.6 is 0 Å². The molecule has 1 atom stereocenters. The van der Waals surface area contributed by atoms with E-state index >= 15 is 0 Å². The molecule has 0 saturated carbocycles. The summed E-state index contributed by atoms with van der Waals surface area (Å²) in [5.74, 6) is -0.0984. The fraction of sp³-hybridized carbons (Fsp3) is 0.571. The largest absolute Gasteiger partial charge is 0.367 e. The summed E-state index contributed by atoms with van der Waals surface area (Å²) in [5, 5.41) is 3.27. The number of rotatable bonds is 4. The topological polar surface area (TPSA) is 49.4 Å². The lowest BCUT2D eigenvalue weighted by Gasteiger charge is -2.32. The Morgan fingerprint density at radius 3 is 2.60 bits per heavy atom. The molecule has 1 heterocycles. The maximum absolute atomic E-state index is 14.2. The van der Waals surface area contributed by atoms with Crippen LogP contribution in [0.5, 0.6) is 0 Å². The third-order valence-corrected chi connectivity index (χ3v) is 5.26. The number of hydrogen-bond acceptors (Lipinski definition) is 4. The van der Waals surface area contributed by atoms with Crippen LogP contribution in [-0.4, -0.2) is 39.6 Å². The third-order valence-electron chi connectivity index (χ3n) is 3.66. The molecule has 1 aliphatic rings. The highest BCUT2D eigenvalue weighted by Gasteiger charge is 2.26. The van der Waals surface area contributed by atoms with Crippen LogP contribution in [0.3, 0.4) is 0 Å². The Morgan fingerprint density at radius 1 is 1.35 bits per heavy atom. The Morgan fingerprint density at radius 2 is 2.00 bits per heavy atom. The van der Waals surface area contributed by atoms with Gasteiger partial charge in [0.15, 0.2) is 9.84 Å². The van der Waals surface area contributed by atoms with Gasteiger partial charge in [-0.1, -0.05) is 19.1 Å². The monoisotopic (exact) mass is 300 g/mol. The van der Waals surface area contributed by atoms with Gasteiger partial charge in [0.2, 0.25) is 0 Å². The molecular weight excluding hydrogens is 279 g/mol. The van der Waals surface area contributed by atoms with Crippen molar-refractivity contribution in [1.29, 1.82) is 0 Å². The van der Waals surface area contributed by atoms with Crippen molar-refractivity contribution in [2.75, 3.05) is 36.0 Å². The van der Waals surface area contributed by atoms with Gasteiger partial charge >= 0.3 is 0 Å². The molecule has 0 aliphatic carbocycles. The maximum Gasteiger partial charge on any atom is 0.153 e. The Labute approximate surface area is 119 Å². The van der Waals surface area contributed by atoms with Gasteiger partial charge < -0.3 is 10.2 Å². The van der Waals surface area contributed by atoms with Gasteiger partial charge in [-0.3, -0.25) is 0 Å². The van der Waals surface area contributed by atoms with Crippen molar-refractivity contribution in [3.8, 4) is 0 Å². The number of nitrogens with one attached hydrogen (secondary N) is 1. The number of anilines is 1. The van der Waals surface area contributed by atoms with E-state index in [1.54, 1.807) is 6.07 Å².